The second kappa shape index (κ2) is 5.61. The number of thiophene rings is 1. The highest BCUT2D eigenvalue weighted by Gasteiger charge is 2.21. The summed E-state index contributed by atoms with van der Waals surface area (Å²) in [5, 5.41) is 3.76. The Morgan fingerprint density at radius 2 is 2.35 bits per heavy atom. The highest BCUT2D eigenvalue weighted by atomic mass is 32.2. The van der Waals surface area contributed by atoms with Gasteiger partial charge in [-0.15, -0.1) is 11.3 Å². The predicted octanol–water partition coefficient (Wildman–Crippen LogP) is 3.25. The number of benzene rings is 1. The van der Waals surface area contributed by atoms with Crippen molar-refractivity contribution in [2.24, 2.45) is 0 Å². The Morgan fingerprint density at radius 1 is 1.50 bits per heavy atom. The maximum absolute atomic E-state index is 13.7. The van der Waals surface area contributed by atoms with E-state index in [2.05, 4.69) is 5.32 Å². The number of rotatable bonds is 3. The Hall–Kier alpha value is -1.27. The zero-order chi connectivity index (χ0) is 14.1. The molecular weight excluding hydrogens is 295 g/mol. The Morgan fingerprint density at radius 3 is 3.05 bits per heavy atom. The number of nitrogens with one attached hydrogen (secondary N) is 1. The Balaban J connectivity index is 1.80. The lowest BCUT2D eigenvalue weighted by atomic mass is 10.2. The van der Waals surface area contributed by atoms with Gasteiger partial charge in [-0.2, -0.15) is 11.8 Å². The minimum absolute atomic E-state index is 0.199. The average Bonchev–Trinajstić information content (AvgIpc) is 3.05. The first-order chi connectivity index (χ1) is 9.66. The number of anilines is 1. The Labute approximate surface area is 124 Å². The molecule has 106 valence electrons. The summed E-state index contributed by atoms with van der Waals surface area (Å²) in [6, 6.07) is 4.77. The van der Waals surface area contributed by atoms with Crippen molar-refractivity contribution < 1.29 is 9.18 Å². The van der Waals surface area contributed by atoms with Crippen molar-refractivity contribution in [1.29, 1.82) is 0 Å². The maximum atomic E-state index is 13.7. The van der Waals surface area contributed by atoms with E-state index in [0.29, 0.717) is 26.8 Å². The van der Waals surface area contributed by atoms with Gasteiger partial charge in [0.05, 0.1) is 11.1 Å². The van der Waals surface area contributed by atoms with Crippen LogP contribution in [-0.2, 0) is 0 Å². The van der Waals surface area contributed by atoms with Crippen LogP contribution in [0.5, 0.6) is 0 Å². The van der Waals surface area contributed by atoms with Crippen LogP contribution in [-0.4, -0.2) is 23.5 Å². The standard InChI is InChI=1S/C14H15FN2OS2/c15-9-4-1-5-10-11(9)12(16)13(20-10)14(18)17-7-8-3-2-6-19-8/h1,4-5,8H,2-3,6-7,16H2,(H,17,18). The number of fused-ring (bicyclic) bond motifs is 1. The molecule has 0 aliphatic carbocycles. The molecule has 1 unspecified atom stereocenters. The van der Waals surface area contributed by atoms with Gasteiger partial charge in [-0.05, 0) is 30.7 Å². The van der Waals surface area contributed by atoms with Crippen molar-refractivity contribution in [3.8, 4) is 0 Å². The molecule has 0 spiro atoms. The monoisotopic (exact) mass is 310 g/mol. The van der Waals surface area contributed by atoms with Crippen molar-refractivity contribution in [1.82, 2.24) is 5.32 Å². The van der Waals surface area contributed by atoms with E-state index >= 15 is 0 Å². The summed E-state index contributed by atoms with van der Waals surface area (Å²) >= 11 is 3.13. The van der Waals surface area contributed by atoms with Crippen LogP contribution in [0.25, 0.3) is 10.1 Å². The van der Waals surface area contributed by atoms with Crippen LogP contribution in [0.15, 0.2) is 18.2 Å². The molecule has 1 aliphatic rings. The summed E-state index contributed by atoms with van der Waals surface area (Å²) in [6.45, 7) is 0.652. The van der Waals surface area contributed by atoms with Crippen molar-refractivity contribution in [3.05, 3.63) is 28.9 Å². The Kier molecular flexibility index (Phi) is 3.85. The molecule has 3 rings (SSSR count). The van der Waals surface area contributed by atoms with Gasteiger partial charge in [0.2, 0.25) is 0 Å². The largest absolute Gasteiger partial charge is 0.397 e. The summed E-state index contributed by atoms with van der Waals surface area (Å²) in [5.41, 5.74) is 6.18. The summed E-state index contributed by atoms with van der Waals surface area (Å²) in [6.07, 6.45) is 2.35. The summed E-state index contributed by atoms with van der Waals surface area (Å²) in [5.74, 6) is 0.591. The summed E-state index contributed by atoms with van der Waals surface area (Å²) < 4.78 is 14.5. The molecule has 1 aromatic heterocycles. The fraction of sp³-hybridized carbons (Fsp3) is 0.357. The number of hydrogen-bond acceptors (Lipinski definition) is 4. The SMILES string of the molecule is Nc1c(C(=O)NCC2CCCS2)sc2cccc(F)c12. The quantitative estimate of drug-likeness (QED) is 0.915. The summed E-state index contributed by atoms with van der Waals surface area (Å²) in [7, 11) is 0. The van der Waals surface area contributed by atoms with Gasteiger partial charge in [-0.1, -0.05) is 6.07 Å². The Bertz CT molecular complexity index is 650. The molecule has 1 fully saturated rings. The summed E-state index contributed by atoms with van der Waals surface area (Å²) in [4.78, 5) is 12.6. The average molecular weight is 310 g/mol. The van der Waals surface area contributed by atoms with Crippen LogP contribution < -0.4 is 11.1 Å². The molecule has 1 aliphatic heterocycles. The smallest absolute Gasteiger partial charge is 0.263 e. The lowest BCUT2D eigenvalue weighted by Crippen LogP contribution is -2.29. The minimum atomic E-state index is -0.373. The molecule has 6 heteroatoms. The molecule has 1 saturated heterocycles. The van der Waals surface area contributed by atoms with Crippen molar-refractivity contribution >= 4 is 44.8 Å². The number of thioether (sulfide) groups is 1. The van der Waals surface area contributed by atoms with Crippen LogP contribution >= 0.6 is 23.1 Å². The number of nitrogen functional groups attached to an aromatic ring is 1. The van der Waals surface area contributed by atoms with Gasteiger partial charge >= 0.3 is 0 Å². The fourth-order valence-corrected chi connectivity index (χ4v) is 4.64. The zero-order valence-electron chi connectivity index (χ0n) is 10.8. The van der Waals surface area contributed by atoms with Gasteiger partial charge in [0.1, 0.15) is 10.7 Å². The van der Waals surface area contributed by atoms with Gasteiger partial charge < -0.3 is 11.1 Å². The second-order valence-corrected chi connectivity index (χ2v) is 7.26. The van der Waals surface area contributed by atoms with Crippen molar-refractivity contribution in [3.63, 3.8) is 0 Å². The van der Waals surface area contributed by atoms with E-state index < -0.39 is 0 Å². The lowest BCUT2D eigenvalue weighted by Gasteiger charge is -2.09. The van der Waals surface area contributed by atoms with Crippen LogP contribution in [0.2, 0.25) is 0 Å². The van der Waals surface area contributed by atoms with Gasteiger partial charge in [0.15, 0.2) is 0 Å². The normalized spacial score (nSPS) is 18.6. The van der Waals surface area contributed by atoms with E-state index in [1.54, 1.807) is 12.1 Å². The molecule has 1 amide bonds. The first-order valence-corrected chi connectivity index (χ1v) is 8.39. The second-order valence-electron chi connectivity index (χ2n) is 4.80. The molecule has 0 radical (unpaired) electrons. The highest BCUT2D eigenvalue weighted by molar-refractivity contribution is 8.00. The third kappa shape index (κ3) is 2.50. The van der Waals surface area contributed by atoms with Crippen molar-refractivity contribution in [2.75, 3.05) is 18.0 Å². The van der Waals surface area contributed by atoms with Crippen LogP contribution in [0.1, 0.15) is 22.5 Å². The number of nitrogens with two attached hydrogens (primary N) is 1. The molecule has 1 atom stereocenters. The first kappa shape index (κ1) is 13.7. The third-order valence-corrected chi connectivity index (χ3v) is 5.99. The van der Waals surface area contributed by atoms with Crippen LogP contribution in [0, 0.1) is 5.82 Å². The molecule has 3 nitrogen and oxygen atoms in total. The van der Waals surface area contributed by atoms with E-state index in [1.807, 2.05) is 11.8 Å². The molecule has 2 aromatic rings. The van der Waals surface area contributed by atoms with Crippen LogP contribution in [0.4, 0.5) is 10.1 Å². The van der Waals surface area contributed by atoms with Crippen molar-refractivity contribution in [2.45, 2.75) is 18.1 Å². The van der Waals surface area contributed by atoms with Gasteiger partial charge in [-0.25, -0.2) is 4.39 Å². The first-order valence-electron chi connectivity index (χ1n) is 6.53. The molecule has 20 heavy (non-hydrogen) atoms. The molecule has 3 N–H and O–H groups in total. The van der Waals surface area contributed by atoms with E-state index in [-0.39, 0.29) is 17.4 Å². The zero-order valence-corrected chi connectivity index (χ0v) is 12.5. The maximum Gasteiger partial charge on any atom is 0.263 e. The predicted molar refractivity (Wildman–Crippen MR) is 84.0 cm³/mol. The number of halogens is 1. The highest BCUT2D eigenvalue weighted by Crippen LogP contribution is 2.35. The van der Waals surface area contributed by atoms with E-state index in [9.17, 15) is 9.18 Å². The number of carbonyl (C=O) groups is 1. The van der Waals surface area contributed by atoms with Gasteiger partial charge in [0.25, 0.3) is 5.91 Å². The molecule has 0 bridgehead atoms. The van der Waals surface area contributed by atoms with E-state index in [4.69, 9.17) is 5.73 Å². The molecule has 2 heterocycles. The molecule has 0 saturated carbocycles. The lowest BCUT2D eigenvalue weighted by molar-refractivity contribution is 0.0958. The number of hydrogen-bond donors (Lipinski definition) is 2. The fourth-order valence-electron chi connectivity index (χ4n) is 2.39. The van der Waals surface area contributed by atoms with Gasteiger partial charge in [0, 0.05) is 16.5 Å². The molecular formula is C14H15FN2OS2. The van der Waals surface area contributed by atoms with E-state index in [1.165, 1.54) is 23.8 Å². The minimum Gasteiger partial charge on any atom is -0.397 e. The van der Waals surface area contributed by atoms with Crippen LogP contribution in [0.3, 0.4) is 0 Å². The number of amides is 1. The third-order valence-electron chi connectivity index (χ3n) is 3.42. The topological polar surface area (TPSA) is 55.1 Å². The van der Waals surface area contributed by atoms with Gasteiger partial charge in [-0.3, -0.25) is 4.79 Å². The van der Waals surface area contributed by atoms with E-state index in [0.717, 1.165) is 12.2 Å². The molecule has 1 aromatic carbocycles. The number of carbonyl (C=O) groups excluding carboxylic acids is 1.